The largest absolute Gasteiger partial charge is 0.495 e. The molecule has 3 aromatic rings. The molecule has 1 aliphatic carbocycles. The van der Waals surface area contributed by atoms with Crippen molar-refractivity contribution in [3.05, 3.63) is 48.2 Å². The Hall–Kier alpha value is -3.40. The summed E-state index contributed by atoms with van der Waals surface area (Å²) < 4.78 is 71.1. The number of hydrogen-bond donors (Lipinski definition) is 3. The number of methoxy groups -OCH3 is 1. The van der Waals surface area contributed by atoms with E-state index in [4.69, 9.17) is 4.74 Å². The number of nitrogens with one attached hydrogen (secondary N) is 2. The maximum atomic E-state index is 13.6. The van der Waals surface area contributed by atoms with Crippen LogP contribution in [0.1, 0.15) is 37.8 Å². The SMILES string of the molecule is COc1cc(S(C)(=O)=O)ccc1NCC#Cc1cc2c(NC3CCC(N4CC[C@@H](O)C4)CC3)cccc2n1CC(F)(F)F. The third kappa shape index (κ3) is 7.58. The summed E-state index contributed by atoms with van der Waals surface area (Å²) in [6.45, 7) is 0.602. The molecule has 5 rings (SSSR count). The van der Waals surface area contributed by atoms with Crippen LogP contribution in [0.15, 0.2) is 47.4 Å². The van der Waals surface area contributed by atoms with Gasteiger partial charge in [-0.3, -0.25) is 4.90 Å². The number of aliphatic hydroxyl groups is 1. The van der Waals surface area contributed by atoms with Gasteiger partial charge in [-0.25, -0.2) is 8.42 Å². The Morgan fingerprint density at radius 2 is 1.84 bits per heavy atom. The molecule has 1 saturated carbocycles. The number of aliphatic hydroxyl groups excluding tert-OH is 1. The van der Waals surface area contributed by atoms with Crippen molar-refractivity contribution in [3.63, 3.8) is 0 Å². The summed E-state index contributed by atoms with van der Waals surface area (Å²) in [5, 5.41) is 17.2. The van der Waals surface area contributed by atoms with Gasteiger partial charge in [0.2, 0.25) is 0 Å². The van der Waals surface area contributed by atoms with Gasteiger partial charge in [0.05, 0.1) is 41.6 Å². The Kier molecular flexibility index (Phi) is 9.15. The first-order valence-corrected chi connectivity index (χ1v) is 16.3. The number of nitrogens with zero attached hydrogens (tertiary/aromatic N) is 2. The molecule has 1 atom stereocenters. The van der Waals surface area contributed by atoms with Crippen molar-refractivity contribution < 1.29 is 31.4 Å². The number of rotatable bonds is 8. The van der Waals surface area contributed by atoms with Crippen LogP contribution in [0.25, 0.3) is 10.9 Å². The minimum atomic E-state index is -4.43. The zero-order valence-corrected chi connectivity index (χ0v) is 25.1. The molecule has 1 saturated heterocycles. The Morgan fingerprint density at radius 1 is 1.07 bits per heavy atom. The van der Waals surface area contributed by atoms with Crippen LogP contribution in [-0.4, -0.2) is 80.4 Å². The molecule has 12 heteroatoms. The van der Waals surface area contributed by atoms with Crippen LogP contribution < -0.4 is 15.4 Å². The second-order valence-corrected chi connectivity index (χ2v) is 13.4. The number of halogens is 3. The Labute approximate surface area is 250 Å². The lowest BCUT2D eigenvalue weighted by Crippen LogP contribution is -2.39. The van der Waals surface area contributed by atoms with Crippen LogP contribution in [-0.2, 0) is 16.4 Å². The number of hydrogen-bond acceptors (Lipinski definition) is 7. The average Bonchev–Trinajstić information content (AvgIpc) is 3.54. The molecule has 8 nitrogen and oxygen atoms in total. The number of β-amino-alcohol motifs (C(OH)–C–C–N with tert-alkyl or cyclic N) is 1. The summed E-state index contributed by atoms with van der Waals surface area (Å²) in [5.74, 6) is 6.12. The Bertz CT molecular complexity index is 1620. The monoisotopic (exact) mass is 618 g/mol. The van der Waals surface area contributed by atoms with Gasteiger partial charge < -0.3 is 25.0 Å². The van der Waals surface area contributed by atoms with E-state index in [2.05, 4.69) is 27.4 Å². The number of fused-ring (bicyclic) bond motifs is 1. The van der Waals surface area contributed by atoms with Gasteiger partial charge >= 0.3 is 6.18 Å². The molecule has 3 N–H and O–H groups in total. The van der Waals surface area contributed by atoms with Crippen LogP contribution in [0.4, 0.5) is 24.5 Å². The number of anilines is 2. The van der Waals surface area contributed by atoms with Crippen molar-refractivity contribution in [1.82, 2.24) is 9.47 Å². The predicted octanol–water partition coefficient (Wildman–Crippen LogP) is 4.87. The van der Waals surface area contributed by atoms with Gasteiger partial charge in [-0.1, -0.05) is 12.0 Å². The first-order chi connectivity index (χ1) is 20.4. The fourth-order valence-electron chi connectivity index (χ4n) is 6.09. The van der Waals surface area contributed by atoms with Gasteiger partial charge in [-0.2, -0.15) is 13.2 Å². The zero-order valence-electron chi connectivity index (χ0n) is 24.2. The van der Waals surface area contributed by atoms with Gasteiger partial charge in [0.15, 0.2) is 9.84 Å². The molecule has 1 aromatic heterocycles. The van der Waals surface area contributed by atoms with E-state index in [-0.39, 0.29) is 29.3 Å². The minimum absolute atomic E-state index is 0.102. The smallest absolute Gasteiger partial charge is 0.406 e. The summed E-state index contributed by atoms with van der Waals surface area (Å²) in [5.41, 5.74) is 2.01. The maximum absolute atomic E-state index is 13.6. The van der Waals surface area contributed by atoms with Crippen LogP contribution in [0.2, 0.25) is 0 Å². The third-order valence-electron chi connectivity index (χ3n) is 8.24. The highest BCUT2D eigenvalue weighted by atomic mass is 32.2. The second kappa shape index (κ2) is 12.7. The first-order valence-electron chi connectivity index (χ1n) is 14.4. The van der Waals surface area contributed by atoms with Crippen molar-refractivity contribution in [2.45, 2.75) is 67.9 Å². The van der Waals surface area contributed by atoms with E-state index in [1.165, 1.54) is 23.8 Å². The molecule has 0 bridgehead atoms. The summed E-state index contributed by atoms with van der Waals surface area (Å²) in [6, 6.07) is 12.1. The molecule has 0 spiro atoms. The molecular formula is C31H37F3N4O4S. The molecule has 2 fully saturated rings. The standard InChI is InChI=1S/C31H37F3N4O4S/c1-42-30-18-25(43(2,40)41)12-13-28(30)35-15-4-5-23-17-26-27(6-3-7-29(26)38(23)20-31(32,33)34)36-21-8-10-22(11-9-21)37-16-14-24(39)19-37/h3,6-7,12-13,17-18,21-22,24,35-36,39H,8-11,14-16,19-20H2,1-2H3/t21?,22?,24-/m1/s1. The first kappa shape index (κ1) is 31.0. The lowest BCUT2D eigenvalue weighted by molar-refractivity contribution is -0.140. The zero-order chi connectivity index (χ0) is 30.8. The van der Waals surface area contributed by atoms with Crippen molar-refractivity contribution in [3.8, 4) is 17.6 Å². The molecular weight excluding hydrogens is 581 g/mol. The number of likely N-dealkylation sites (tertiary alicyclic amines) is 1. The predicted molar refractivity (Wildman–Crippen MR) is 161 cm³/mol. The highest BCUT2D eigenvalue weighted by Crippen LogP contribution is 2.33. The Balaban J connectivity index is 1.33. The number of ether oxygens (including phenoxy) is 1. The van der Waals surface area contributed by atoms with Crippen molar-refractivity contribution in [2.24, 2.45) is 0 Å². The lowest BCUT2D eigenvalue weighted by Gasteiger charge is -2.35. The van der Waals surface area contributed by atoms with Crippen molar-refractivity contribution in [1.29, 1.82) is 0 Å². The Morgan fingerprint density at radius 3 is 2.49 bits per heavy atom. The molecule has 2 heterocycles. The van der Waals surface area contributed by atoms with Gasteiger partial charge in [0, 0.05) is 48.6 Å². The second-order valence-electron chi connectivity index (χ2n) is 11.3. The summed E-state index contributed by atoms with van der Waals surface area (Å²) in [7, 11) is -1.99. The van der Waals surface area contributed by atoms with Crippen LogP contribution in [0.3, 0.4) is 0 Å². The molecule has 0 amide bonds. The molecule has 2 aliphatic rings. The van der Waals surface area contributed by atoms with Crippen molar-refractivity contribution in [2.75, 3.05) is 43.6 Å². The van der Waals surface area contributed by atoms with E-state index >= 15 is 0 Å². The van der Waals surface area contributed by atoms with Gasteiger partial charge in [-0.05, 0) is 68.4 Å². The molecule has 2 aromatic carbocycles. The molecule has 232 valence electrons. The summed E-state index contributed by atoms with van der Waals surface area (Å²) >= 11 is 0. The molecule has 43 heavy (non-hydrogen) atoms. The van der Waals surface area contributed by atoms with E-state index in [9.17, 15) is 26.7 Å². The number of aromatic nitrogens is 1. The lowest BCUT2D eigenvalue weighted by atomic mass is 9.90. The minimum Gasteiger partial charge on any atom is -0.495 e. The van der Waals surface area contributed by atoms with Crippen LogP contribution in [0.5, 0.6) is 5.75 Å². The third-order valence-corrected chi connectivity index (χ3v) is 9.35. The molecule has 0 unspecified atom stereocenters. The highest BCUT2D eigenvalue weighted by molar-refractivity contribution is 7.90. The van der Waals surface area contributed by atoms with Gasteiger partial charge in [0.25, 0.3) is 0 Å². The maximum Gasteiger partial charge on any atom is 0.406 e. The van der Waals surface area contributed by atoms with Gasteiger partial charge in [-0.15, -0.1) is 0 Å². The van der Waals surface area contributed by atoms with Crippen LogP contribution >= 0.6 is 0 Å². The fourth-order valence-corrected chi connectivity index (χ4v) is 6.73. The normalized spacial score (nSPS) is 21.4. The average molecular weight is 619 g/mol. The van der Waals surface area contributed by atoms with Crippen LogP contribution in [0, 0.1) is 11.8 Å². The number of sulfone groups is 1. The highest BCUT2D eigenvalue weighted by Gasteiger charge is 2.32. The number of alkyl halides is 3. The van der Waals surface area contributed by atoms with E-state index < -0.39 is 22.6 Å². The van der Waals surface area contributed by atoms with E-state index in [1.54, 1.807) is 24.3 Å². The number of benzene rings is 2. The fraction of sp³-hybridized carbons (Fsp3) is 0.484. The van der Waals surface area contributed by atoms with E-state index in [1.807, 2.05) is 6.07 Å². The quantitative estimate of drug-likeness (QED) is 0.310. The van der Waals surface area contributed by atoms with Crippen molar-refractivity contribution >= 4 is 32.1 Å². The summed E-state index contributed by atoms with van der Waals surface area (Å²) in [4.78, 5) is 2.49. The van der Waals surface area contributed by atoms with E-state index in [0.717, 1.165) is 57.1 Å². The molecule has 1 aliphatic heterocycles. The molecule has 0 radical (unpaired) electrons. The van der Waals surface area contributed by atoms with Gasteiger partial charge in [0.1, 0.15) is 12.3 Å². The van der Waals surface area contributed by atoms with E-state index in [0.29, 0.717) is 28.4 Å². The summed E-state index contributed by atoms with van der Waals surface area (Å²) in [6.07, 6.45) is 1.19. The topological polar surface area (TPSA) is 95.8 Å².